The molecule has 0 aliphatic heterocycles. The summed E-state index contributed by atoms with van der Waals surface area (Å²) in [4.78, 5) is 0.0364. The van der Waals surface area contributed by atoms with E-state index in [0.717, 1.165) is 5.56 Å². The van der Waals surface area contributed by atoms with Gasteiger partial charge in [-0.3, -0.25) is 4.72 Å². The van der Waals surface area contributed by atoms with Crippen molar-refractivity contribution in [3.63, 3.8) is 0 Å². The van der Waals surface area contributed by atoms with Crippen LogP contribution in [0.5, 0.6) is 11.5 Å². The highest BCUT2D eigenvalue weighted by molar-refractivity contribution is 7.92. The number of ether oxygens (including phenoxy) is 2. The number of benzene rings is 2. The van der Waals surface area contributed by atoms with E-state index in [4.69, 9.17) is 9.47 Å². The van der Waals surface area contributed by atoms with Crippen LogP contribution in [0, 0.1) is 0 Å². The van der Waals surface area contributed by atoms with Crippen molar-refractivity contribution < 1.29 is 17.9 Å². The van der Waals surface area contributed by atoms with Gasteiger partial charge in [0.2, 0.25) is 0 Å². The van der Waals surface area contributed by atoms with Crippen molar-refractivity contribution in [2.75, 3.05) is 18.9 Å². The fraction of sp³-hybridized carbons (Fsp3) is 0.294. The van der Waals surface area contributed by atoms with E-state index in [1.165, 1.54) is 20.3 Å². The van der Waals surface area contributed by atoms with Crippen LogP contribution >= 0.6 is 0 Å². The first-order chi connectivity index (χ1) is 10.9. The molecule has 0 aliphatic rings. The Hall–Kier alpha value is -2.21. The van der Waals surface area contributed by atoms with Gasteiger partial charge in [0.15, 0.2) is 0 Å². The van der Waals surface area contributed by atoms with Gasteiger partial charge in [0, 0.05) is 11.8 Å². The Labute approximate surface area is 137 Å². The maximum Gasteiger partial charge on any atom is 0.265 e. The zero-order chi connectivity index (χ0) is 17.0. The van der Waals surface area contributed by atoms with Crippen molar-refractivity contribution >= 4 is 15.7 Å². The standard InChI is InChI=1S/C17H21NO4S/c1-12(2)13-6-5-7-14(10-13)18-23(19,20)17-11-15(21-3)8-9-16(17)22-4/h5-12,18H,1-4H3. The highest BCUT2D eigenvalue weighted by Crippen LogP contribution is 2.30. The minimum absolute atomic E-state index is 0.0364. The molecule has 0 aliphatic carbocycles. The number of anilines is 1. The number of methoxy groups -OCH3 is 2. The van der Waals surface area contributed by atoms with Crippen molar-refractivity contribution in [1.29, 1.82) is 0 Å². The summed E-state index contributed by atoms with van der Waals surface area (Å²) in [6.07, 6.45) is 0. The predicted octanol–water partition coefficient (Wildman–Crippen LogP) is 3.63. The lowest BCUT2D eigenvalue weighted by Crippen LogP contribution is -2.14. The van der Waals surface area contributed by atoms with Crippen LogP contribution in [0.25, 0.3) is 0 Å². The third-order valence-corrected chi connectivity index (χ3v) is 4.87. The fourth-order valence-electron chi connectivity index (χ4n) is 2.17. The van der Waals surface area contributed by atoms with Crippen molar-refractivity contribution in [2.45, 2.75) is 24.7 Å². The number of nitrogens with one attached hydrogen (secondary N) is 1. The molecule has 0 radical (unpaired) electrons. The van der Waals surface area contributed by atoms with Crippen molar-refractivity contribution in [3.05, 3.63) is 48.0 Å². The summed E-state index contributed by atoms with van der Waals surface area (Å²) in [5, 5.41) is 0. The number of sulfonamides is 1. The zero-order valence-corrected chi connectivity index (χ0v) is 14.5. The quantitative estimate of drug-likeness (QED) is 0.875. The molecule has 0 bridgehead atoms. The van der Waals surface area contributed by atoms with Crippen LogP contribution in [0.1, 0.15) is 25.3 Å². The average Bonchev–Trinajstić information content (AvgIpc) is 2.54. The Morgan fingerprint density at radius 1 is 1.00 bits per heavy atom. The second-order valence-electron chi connectivity index (χ2n) is 5.40. The normalized spacial score (nSPS) is 11.3. The fourth-order valence-corrected chi connectivity index (χ4v) is 3.40. The van der Waals surface area contributed by atoms with Gasteiger partial charge in [-0.05, 0) is 35.7 Å². The van der Waals surface area contributed by atoms with E-state index in [1.807, 2.05) is 18.2 Å². The van der Waals surface area contributed by atoms with Gasteiger partial charge < -0.3 is 9.47 Å². The first kappa shape index (κ1) is 17.1. The Morgan fingerprint density at radius 2 is 1.74 bits per heavy atom. The molecule has 0 atom stereocenters. The molecule has 0 aromatic heterocycles. The van der Waals surface area contributed by atoms with Gasteiger partial charge >= 0.3 is 0 Å². The Balaban J connectivity index is 2.41. The Morgan fingerprint density at radius 3 is 2.35 bits per heavy atom. The average molecular weight is 335 g/mol. The predicted molar refractivity (Wildman–Crippen MR) is 90.9 cm³/mol. The topological polar surface area (TPSA) is 64.6 Å². The maximum atomic E-state index is 12.7. The molecule has 0 fully saturated rings. The molecule has 0 unspecified atom stereocenters. The van der Waals surface area contributed by atoms with Gasteiger partial charge in [-0.1, -0.05) is 26.0 Å². The van der Waals surface area contributed by atoms with Crippen molar-refractivity contribution in [2.24, 2.45) is 0 Å². The molecule has 23 heavy (non-hydrogen) atoms. The molecular formula is C17H21NO4S. The third kappa shape index (κ3) is 3.96. The van der Waals surface area contributed by atoms with Gasteiger partial charge in [-0.25, -0.2) is 8.42 Å². The lowest BCUT2D eigenvalue weighted by atomic mass is 10.0. The maximum absolute atomic E-state index is 12.7. The molecular weight excluding hydrogens is 314 g/mol. The molecule has 0 saturated heterocycles. The van der Waals surface area contributed by atoms with Gasteiger partial charge in [-0.2, -0.15) is 0 Å². The second-order valence-corrected chi connectivity index (χ2v) is 7.05. The van der Waals surface area contributed by atoms with Gasteiger partial charge in [0.05, 0.1) is 14.2 Å². The summed E-state index contributed by atoms with van der Waals surface area (Å²) in [6, 6.07) is 12.0. The second kappa shape index (κ2) is 6.91. The minimum atomic E-state index is -3.79. The number of hydrogen-bond acceptors (Lipinski definition) is 4. The van der Waals surface area contributed by atoms with Gasteiger partial charge in [0.1, 0.15) is 16.4 Å². The van der Waals surface area contributed by atoms with Crippen LogP contribution in [-0.4, -0.2) is 22.6 Å². The molecule has 0 heterocycles. The van der Waals surface area contributed by atoms with E-state index >= 15 is 0 Å². The van der Waals surface area contributed by atoms with Gasteiger partial charge in [-0.15, -0.1) is 0 Å². The van der Waals surface area contributed by atoms with Crippen LogP contribution in [-0.2, 0) is 10.0 Å². The van der Waals surface area contributed by atoms with E-state index in [9.17, 15) is 8.42 Å². The lowest BCUT2D eigenvalue weighted by Gasteiger charge is -2.14. The number of hydrogen-bond donors (Lipinski definition) is 1. The lowest BCUT2D eigenvalue weighted by molar-refractivity contribution is 0.392. The molecule has 5 nitrogen and oxygen atoms in total. The molecule has 124 valence electrons. The first-order valence-corrected chi connectivity index (χ1v) is 8.70. The molecule has 0 saturated carbocycles. The molecule has 0 amide bonds. The smallest absolute Gasteiger partial charge is 0.265 e. The summed E-state index contributed by atoms with van der Waals surface area (Å²) in [7, 11) is -0.871. The third-order valence-electron chi connectivity index (χ3n) is 3.47. The SMILES string of the molecule is COc1ccc(OC)c(S(=O)(=O)Nc2cccc(C(C)C)c2)c1. The summed E-state index contributed by atoms with van der Waals surface area (Å²) in [6.45, 7) is 4.11. The molecule has 0 spiro atoms. The van der Waals surface area contributed by atoms with Crippen LogP contribution in [0.3, 0.4) is 0 Å². The summed E-state index contributed by atoms with van der Waals surface area (Å²) < 4.78 is 38.2. The molecule has 1 N–H and O–H groups in total. The molecule has 6 heteroatoms. The summed E-state index contributed by atoms with van der Waals surface area (Å²) in [5.74, 6) is 1.02. The van der Waals surface area contributed by atoms with E-state index in [1.54, 1.807) is 18.2 Å². The first-order valence-electron chi connectivity index (χ1n) is 7.22. The summed E-state index contributed by atoms with van der Waals surface area (Å²) >= 11 is 0. The highest BCUT2D eigenvalue weighted by atomic mass is 32.2. The monoisotopic (exact) mass is 335 g/mol. The summed E-state index contributed by atoms with van der Waals surface area (Å²) in [5.41, 5.74) is 1.57. The van der Waals surface area contributed by atoms with E-state index in [-0.39, 0.29) is 10.6 Å². The Bertz CT molecular complexity index is 785. The number of rotatable bonds is 6. The van der Waals surface area contributed by atoms with E-state index in [0.29, 0.717) is 17.4 Å². The van der Waals surface area contributed by atoms with Crippen LogP contribution in [0.2, 0.25) is 0 Å². The molecule has 2 aromatic rings. The van der Waals surface area contributed by atoms with Crippen LogP contribution < -0.4 is 14.2 Å². The van der Waals surface area contributed by atoms with E-state index in [2.05, 4.69) is 18.6 Å². The Kier molecular flexibility index (Phi) is 5.15. The largest absolute Gasteiger partial charge is 0.497 e. The van der Waals surface area contributed by atoms with Crippen molar-refractivity contribution in [1.82, 2.24) is 0 Å². The van der Waals surface area contributed by atoms with E-state index < -0.39 is 10.0 Å². The molecule has 2 rings (SSSR count). The molecule has 2 aromatic carbocycles. The van der Waals surface area contributed by atoms with Crippen molar-refractivity contribution in [3.8, 4) is 11.5 Å². The zero-order valence-electron chi connectivity index (χ0n) is 13.7. The highest BCUT2D eigenvalue weighted by Gasteiger charge is 2.21. The van der Waals surface area contributed by atoms with Gasteiger partial charge in [0.25, 0.3) is 10.0 Å². The minimum Gasteiger partial charge on any atom is -0.497 e. The van der Waals surface area contributed by atoms with Crippen LogP contribution in [0.15, 0.2) is 47.4 Å². The van der Waals surface area contributed by atoms with Crippen LogP contribution in [0.4, 0.5) is 5.69 Å².